The number of likely N-dealkylation sites (tertiary alicyclic amines) is 1. The molecule has 26 heavy (non-hydrogen) atoms. The van der Waals surface area contributed by atoms with Gasteiger partial charge in [0.15, 0.2) is 11.6 Å². The maximum absolute atomic E-state index is 13.8. The van der Waals surface area contributed by atoms with Crippen molar-refractivity contribution in [2.24, 2.45) is 5.92 Å². The molecular formula is C19H18F2N2O3. The zero-order valence-corrected chi connectivity index (χ0v) is 14.3. The van der Waals surface area contributed by atoms with E-state index in [9.17, 15) is 18.4 Å². The highest BCUT2D eigenvalue weighted by molar-refractivity contribution is 6.08. The smallest absolute Gasteiger partial charge is 0.237 e. The second-order valence-electron chi connectivity index (χ2n) is 6.17. The molecule has 2 aromatic rings. The normalized spacial score (nSPS) is 19.5. The van der Waals surface area contributed by atoms with Crippen molar-refractivity contribution in [2.45, 2.75) is 5.92 Å². The fourth-order valence-electron chi connectivity index (χ4n) is 3.15. The van der Waals surface area contributed by atoms with Crippen molar-refractivity contribution < 1.29 is 23.1 Å². The third kappa shape index (κ3) is 3.24. The van der Waals surface area contributed by atoms with Crippen LogP contribution in [0, 0.1) is 17.6 Å². The van der Waals surface area contributed by atoms with Crippen molar-refractivity contribution in [3.05, 3.63) is 59.7 Å². The number of rotatable bonds is 4. The van der Waals surface area contributed by atoms with Crippen molar-refractivity contribution in [3.8, 4) is 5.75 Å². The van der Waals surface area contributed by atoms with Gasteiger partial charge in [-0.05, 0) is 29.8 Å². The Balaban J connectivity index is 1.87. The minimum atomic E-state index is -1.15. The van der Waals surface area contributed by atoms with Gasteiger partial charge in [0.05, 0.1) is 12.8 Å². The van der Waals surface area contributed by atoms with E-state index in [4.69, 9.17) is 4.74 Å². The lowest BCUT2D eigenvalue weighted by Gasteiger charge is -2.17. The average Bonchev–Trinajstić information content (AvgIpc) is 2.94. The molecule has 1 N–H and O–H groups in total. The molecule has 0 aromatic heterocycles. The number of nitrogens with one attached hydrogen (secondary N) is 1. The van der Waals surface area contributed by atoms with Crippen LogP contribution in [-0.2, 0) is 9.59 Å². The van der Waals surface area contributed by atoms with Crippen LogP contribution in [0.15, 0.2) is 42.5 Å². The molecule has 0 bridgehead atoms. The first-order valence-corrected chi connectivity index (χ1v) is 8.06. The van der Waals surface area contributed by atoms with Crippen LogP contribution in [-0.4, -0.2) is 37.4 Å². The quantitative estimate of drug-likeness (QED) is 0.853. The standard InChI is InChI=1S/C19H18F2N2O3/c1-23-10-13(11-6-8-12(26-2)9-7-11)16(19(23)25)18(24)22-15-5-3-4-14(20)17(15)21/h3-9,13,16H,10H2,1-2H3,(H,22,24)/t13-,16+/m1/s1. The Morgan fingerprint density at radius 3 is 2.54 bits per heavy atom. The number of amides is 2. The van der Waals surface area contributed by atoms with Gasteiger partial charge >= 0.3 is 0 Å². The first kappa shape index (κ1) is 17.8. The number of ether oxygens (including phenoxy) is 1. The van der Waals surface area contributed by atoms with Crippen molar-refractivity contribution in [1.82, 2.24) is 4.90 Å². The van der Waals surface area contributed by atoms with E-state index in [1.54, 1.807) is 38.4 Å². The molecule has 2 atom stereocenters. The van der Waals surface area contributed by atoms with Gasteiger partial charge in [-0.3, -0.25) is 9.59 Å². The van der Waals surface area contributed by atoms with Gasteiger partial charge in [0.1, 0.15) is 11.7 Å². The van der Waals surface area contributed by atoms with E-state index in [-0.39, 0.29) is 11.6 Å². The number of hydrogen-bond donors (Lipinski definition) is 1. The number of carbonyl (C=O) groups excluding carboxylic acids is 2. The molecule has 0 unspecified atom stereocenters. The fourth-order valence-corrected chi connectivity index (χ4v) is 3.15. The lowest BCUT2D eigenvalue weighted by Crippen LogP contribution is -2.33. The summed E-state index contributed by atoms with van der Waals surface area (Å²) in [7, 11) is 3.15. The van der Waals surface area contributed by atoms with Gasteiger partial charge in [0.2, 0.25) is 11.8 Å². The van der Waals surface area contributed by atoms with Crippen molar-refractivity contribution in [1.29, 1.82) is 0 Å². The molecule has 1 aliphatic heterocycles. The average molecular weight is 360 g/mol. The van der Waals surface area contributed by atoms with Crippen molar-refractivity contribution in [2.75, 3.05) is 26.0 Å². The molecule has 1 aliphatic rings. The van der Waals surface area contributed by atoms with Crippen LogP contribution in [0.4, 0.5) is 14.5 Å². The van der Waals surface area contributed by atoms with Crippen LogP contribution >= 0.6 is 0 Å². The summed E-state index contributed by atoms with van der Waals surface area (Å²) in [5.74, 6) is -3.99. The summed E-state index contributed by atoms with van der Waals surface area (Å²) in [6.45, 7) is 0.356. The SMILES string of the molecule is COc1ccc([C@H]2CN(C)C(=O)[C@@H]2C(=O)Nc2cccc(F)c2F)cc1. The van der Waals surface area contributed by atoms with Crippen molar-refractivity contribution >= 4 is 17.5 Å². The number of anilines is 1. The molecule has 7 heteroatoms. The molecular weight excluding hydrogens is 342 g/mol. The molecule has 136 valence electrons. The van der Waals surface area contributed by atoms with Gasteiger partial charge in [0, 0.05) is 19.5 Å². The van der Waals surface area contributed by atoms with E-state index in [0.29, 0.717) is 12.3 Å². The Hall–Kier alpha value is -2.96. The van der Waals surface area contributed by atoms with Gasteiger partial charge in [-0.15, -0.1) is 0 Å². The summed E-state index contributed by atoms with van der Waals surface area (Å²) < 4.78 is 32.3. The highest BCUT2D eigenvalue weighted by Gasteiger charge is 2.44. The monoisotopic (exact) mass is 360 g/mol. The zero-order valence-electron chi connectivity index (χ0n) is 14.3. The highest BCUT2D eigenvalue weighted by Crippen LogP contribution is 2.35. The minimum Gasteiger partial charge on any atom is -0.497 e. The lowest BCUT2D eigenvalue weighted by atomic mass is 9.88. The minimum absolute atomic E-state index is 0.286. The number of carbonyl (C=O) groups is 2. The predicted molar refractivity (Wildman–Crippen MR) is 91.8 cm³/mol. The highest BCUT2D eigenvalue weighted by atomic mass is 19.2. The van der Waals surface area contributed by atoms with Gasteiger partial charge in [-0.1, -0.05) is 18.2 Å². The molecule has 0 aliphatic carbocycles. The van der Waals surface area contributed by atoms with E-state index in [1.807, 2.05) is 0 Å². The van der Waals surface area contributed by atoms with Crippen LogP contribution in [0.2, 0.25) is 0 Å². The molecule has 0 saturated carbocycles. The van der Waals surface area contributed by atoms with E-state index < -0.39 is 29.4 Å². The summed E-state index contributed by atoms with van der Waals surface area (Å²) in [6, 6.07) is 10.6. The maximum Gasteiger partial charge on any atom is 0.237 e. The molecule has 5 nitrogen and oxygen atoms in total. The van der Waals surface area contributed by atoms with Gasteiger partial charge in [0.25, 0.3) is 0 Å². The number of benzene rings is 2. The molecule has 1 saturated heterocycles. The van der Waals surface area contributed by atoms with Crippen LogP contribution < -0.4 is 10.1 Å². The Labute approximate surface area is 149 Å². The largest absolute Gasteiger partial charge is 0.497 e. The van der Waals surface area contributed by atoms with Gasteiger partial charge in [-0.2, -0.15) is 0 Å². The summed E-state index contributed by atoms with van der Waals surface area (Å²) in [4.78, 5) is 26.6. The number of halogens is 2. The Morgan fingerprint density at radius 2 is 1.88 bits per heavy atom. The fraction of sp³-hybridized carbons (Fsp3) is 0.263. The first-order valence-electron chi connectivity index (χ1n) is 8.06. The Kier molecular flexibility index (Phi) is 4.88. The summed E-state index contributed by atoms with van der Waals surface area (Å²) >= 11 is 0. The molecule has 0 radical (unpaired) electrons. The van der Waals surface area contributed by atoms with Crippen LogP contribution in [0.5, 0.6) is 5.75 Å². The molecule has 0 spiro atoms. The topological polar surface area (TPSA) is 58.6 Å². The van der Waals surface area contributed by atoms with Crippen LogP contribution in [0.1, 0.15) is 11.5 Å². The van der Waals surface area contributed by atoms with Crippen molar-refractivity contribution in [3.63, 3.8) is 0 Å². The molecule has 2 aromatic carbocycles. The van der Waals surface area contributed by atoms with Gasteiger partial charge < -0.3 is 15.0 Å². The number of likely N-dealkylation sites (N-methyl/N-ethyl adjacent to an activating group) is 1. The van der Waals surface area contributed by atoms with Crippen LogP contribution in [0.25, 0.3) is 0 Å². The second-order valence-corrected chi connectivity index (χ2v) is 6.17. The summed E-state index contributed by atoms with van der Waals surface area (Å²) in [5.41, 5.74) is 0.509. The molecule has 1 fully saturated rings. The zero-order chi connectivity index (χ0) is 18.8. The number of hydrogen-bond acceptors (Lipinski definition) is 3. The van der Waals surface area contributed by atoms with E-state index in [1.165, 1.54) is 17.0 Å². The third-order valence-electron chi connectivity index (χ3n) is 4.55. The number of methoxy groups -OCH3 is 1. The maximum atomic E-state index is 13.8. The van der Waals surface area contributed by atoms with Crippen LogP contribution in [0.3, 0.4) is 0 Å². The van der Waals surface area contributed by atoms with E-state index >= 15 is 0 Å². The third-order valence-corrected chi connectivity index (χ3v) is 4.55. The summed E-state index contributed by atoms with van der Waals surface area (Å²) in [6.07, 6.45) is 0. The summed E-state index contributed by atoms with van der Waals surface area (Å²) in [5, 5.41) is 2.34. The number of nitrogens with zero attached hydrogens (tertiary/aromatic N) is 1. The predicted octanol–water partition coefficient (Wildman–Crippen LogP) is 2.78. The Morgan fingerprint density at radius 1 is 1.19 bits per heavy atom. The Bertz CT molecular complexity index is 839. The first-order chi connectivity index (χ1) is 12.4. The van der Waals surface area contributed by atoms with E-state index in [0.717, 1.165) is 11.6 Å². The second kappa shape index (κ2) is 7.11. The molecule has 3 rings (SSSR count). The lowest BCUT2D eigenvalue weighted by molar-refractivity contribution is -0.135. The molecule has 1 heterocycles. The van der Waals surface area contributed by atoms with Gasteiger partial charge in [-0.25, -0.2) is 8.78 Å². The molecule has 2 amide bonds. The van der Waals surface area contributed by atoms with E-state index in [2.05, 4.69) is 5.32 Å².